The van der Waals surface area contributed by atoms with E-state index in [1.165, 1.54) is 18.2 Å². The highest BCUT2D eigenvalue weighted by molar-refractivity contribution is 6.58. The topological polar surface area (TPSA) is 69.6 Å². The molecule has 2 rings (SSSR count). The Labute approximate surface area is 130 Å². The number of rotatable bonds is 3. The summed E-state index contributed by atoms with van der Waals surface area (Å²) in [5.74, 6) is -1.49. The number of halogens is 3. The van der Waals surface area contributed by atoms with Crippen molar-refractivity contribution in [1.29, 1.82) is 0 Å². The largest absolute Gasteiger partial charge is 0.491 e. The van der Waals surface area contributed by atoms with Gasteiger partial charge in [-0.3, -0.25) is 4.79 Å². The molecular weight excluding hydrogens is 319 g/mol. The van der Waals surface area contributed by atoms with Gasteiger partial charge in [0.2, 0.25) is 0 Å². The minimum Gasteiger partial charge on any atom is -0.423 e. The molecule has 8 heteroatoms. The van der Waals surface area contributed by atoms with Gasteiger partial charge in [-0.1, -0.05) is 29.3 Å². The van der Waals surface area contributed by atoms with Crippen LogP contribution in [-0.2, 0) is 0 Å². The zero-order valence-electron chi connectivity index (χ0n) is 10.5. The Kier molecular flexibility index (Phi) is 4.85. The lowest BCUT2D eigenvalue weighted by Crippen LogP contribution is -2.33. The maximum absolute atomic E-state index is 13.6. The van der Waals surface area contributed by atoms with Crippen LogP contribution < -0.4 is 10.8 Å². The van der Waals surface area contributed by atoms with Crippen LogP contribution >= 0.6 is 23.2 Å². The fourth-order valence-corrected chi connectivity index (χ4v) is 2.00. The summed E-state index contributed by atoms with van der Waals surface area (Å²) in [4.78, 5) is 12.0. The number of carbonyl (C=O) groups is 1. The average Bonchev–Trinajstić information content (AvgIpc) is 2.42. The summed E-state index contributed by atoms with van der Waals surface area (Å²) in [6, 6.07) is 7.84. The van der Waals surface area contributed by atoms with E-state index in [0.717, 1.165) is 12.1 Å². The van der Waals surface area contributed by atoms with Crippen molar-refractivity contribution >= 4 is 47.4 Å². The molecule has 0 saturated carbocycles. The van der Waals surface area contributed by atoms with Crippen LogP contribution in [0.2, 0.25) is 10.0 Å². The molecule has 0 fully saturated rings. The molecule has 0 saturated heterocycles. The minimum atomic E-state index is -1.94. The van der Waals surface area contributed by atoms with Crippen molar-refractivity contribution in [1.82, 2.24) is 0 Å². The SMILES string of the molecule is O=C(Nc1cc(Cl)ccc1Cl)c1ccc(B(O)O)c(F)c1. The summed E-state index contributed by atoms with van der Waals surface area (Å²) in [7, 11) is -1.94. The Morgan fingerprint density at radius 2 is 1.86 bits per heavy atom. The first-order valence-corrected chi connectivity index (χ1v) is 6.56. The van der Waals surface area contributed by atoms with Gasteiger partial charge in [0.25, 0.3) is 5.91 Å². The lowest BCUT2D eigenvalue weighted by Gasteiger charge is -2.09. The van der Waals surface area contributed by atoms with Gasteiger partial charge >= 0.3 is 7.12 Å². The van der Waals surface area contributed by atoms with Crippen molar-refractivity contribution in [3.8, 4) is 0 Å². The van der Waals surface area contributed by atoms with Crippen LogP contribution in [-0.4, -0.2) is 23.1 Å². The molecule has 1 amide bonds. The molecule has 0 radical (unpaired) electrons. The van der Waals surface area contributed by atoms with Crippen molar-refractivity contribution in [3.63, 3.8) is 0 Å². The molecule has 0 bridgehead atoms. The third-order valence-corrected chi connectivity index (χ3v) is 3.28. The molecule has 4 nitrogen and oxygen atoms in total. The average molecular weight is 328 g/mol. The zero-order valence-corrected chi connectivity index (χ0v) is 12.0. The van der Waals surface area contributed by atoms with Crippen molar-refractivity contribution in [2.45, 2.75) is 0 Å². The first kappa shape index (κ1) is 15.8. The van der Waals surface area contributed by atoms with Crippen LogP contribution in [0.15, 0.2) is 36.4 Å². The highest BCUT2D eigenvalue weighted by Crippen LogP contribution is 2.25. The first-order chi connectivity index (χ1) is 9.88. The van der Waals surface area contributed by atoms with E-state index >= 15 is 0 Å². The van der Waals surface area contributed by atoms with E-state index in [2.05, 4.69) is 5.32 Å². The Morgan fingerprint density at radius 3 is 2.48 bits per heavy atom. The van der Waals surface area contributed by atoms with E-state index in [-0.39, 0.29) is 16.0 Å². The van der Waals surface area contributed by atoms with Crippen LogP contribution in [0.1, 0.15) is 10.4 Å². The smallest absolute Gasteiger partial charge is 0.423 e. The van der Waals surface area contributed by atoms with Gasteiger partial charge in [0.05, 0.1) is 10.7 Å². The maximum atomic E-state index is 13.6. The fourth-order valence-electron chi connectivity index (χ4n) is 1.67. The van der Waals surface area contributed by atoms with E-state index < -0.39 is 18.8 Å². The predicted molar refractivity (Wildman–Crippen MR) is 80.6 cm³/mol. The summed E-state index contributed by atoms with van der Waals surface area (Å²) in [6.45, 7) is 0. The molecule has 0 aliphatic carbocycles. The molecule has 2 aromatic rings. The molecule has 2 aromatic carbocycles. The van der Waals surface area contributed by atoms with Crippen molar-refractivity contribution in [3.05, 3.63) is 57.8 Å². The van der Waals surface area contributed by atoms with E-state index in [4.69, 9.17) is 33.2 Å². The summed E-state index contributed by atoms with van der Waals surface area (Å²) in [6.07, 6.45) is 0. The Hall–Kier alpha value is -1.60. The molecule has 0 atom stereocenters. The van der Waals surface area contributed by atoms with Gasteiger partial charge in [-0.15, -0.1) is 0 Å². The third-order valence-electron chi connectivity index (χ3n) is 2.72. The van der Waals surface area contributed by atoms with E-state index in [9.17, 15) is 9.18 Å². The molecule has 21 heavy (non-hydrogen) atoms. The predicted octanol–water partition coefficient (Wildman–Crippen LogP) is 2.06. The van der Waals surface area contributed by atoms with Gasteiger partial charge in [0.15, 0.2) is 0 Å². The summed E-state index contributed by atoms with van der Waals surface area (Å²) in [5.41, 5.74) is -0.0128. The minimum absolute atomic E-state index is 0.00735. The van der Waals surface area contributed by atoms with Gasteiger partial charge < -0.3 is 15.4 Å². The number of hydrogen-bond acceptors (Lipinski definition) is 3. The maximum Gasteiger partial charge on any atom is 0.491 e. The second-order valence-corrected chi connectivity index (χ2v) is 5.03. The highest BCUT2D eigenvalue weighted by Gasteiger charge is 2.18. The van der Waals surface area contributed by atoms with E-state index in [1.807, 2.05) is 0 Å². The molecule has 3 N–H and O–H groups in total. The molecular formula is C13H9BCl2FNO3. The molecule has 0 spiro atoms. The van der Waals surface area contributed by atoms with Crippen molar-refractivity contribution in [2.75, 3.05) is 5.32 Å². The lowest BCUT2D eigenvalue weighted by atomic mass is 9.79. The fraction of sp³-hybridized carbons (Fsp3) is 0. The monoisotopic (exact) mass is 327 g/mol. The second-order valence-electron chi connectivity index (χ2n) is 4.19. The molecule has 0 aliphatic rings. The standard InChI is InChI=1S/C13H9BCl2FNO3/c15-8-2-4-10(16)12(6-8)18-13(19)7-1-3-9(14(20)21)11(17)5-7/h1-6,20-21H,(H,18,19). The molecule has 0 heterocycles. The quantitative estimate of drug-likeness (QED) is 0.756. The number of carbonyl (C=O) groups excluding carboxylic acids is 1. The summed E-state index contributed by atoms with van der Waals surface area (Å²) >= 11 is 11.7. The Bertz CT molecular complexity index is 697. The van der Waals surface area contributed by atoms with Gasteiger partial charge in [-0.25, -0.2) is 4.39 Å². The molecule has 0 unspecified atom stereocenters. The second kappa shape index (κ2) is 6.45. The van der Waals surface area contributed by atoms with Gasteiger partial charge in [0.1, 0.15) is 5.82 Å². The van der Waals surface area contributed by atoms with Crippen LogP contribution in [0.25, 0.3) is 0 Å². The third kappa shape index (κ3) is 3.74. The van der Waals surface area contributed by atoms with Gasteiger partial charge in [0, 0.05) is 16.0 Å². The number of amides is 1. The zero-order chi connectivity index (χ0) is 15.6. The van der Waals surface area contributed by atoms with Crippen LogP contribution in [0, 0.1) is 5.82 Å². The van der Waals surface area contributed by atoms with Crippen molar-refractivity contribution < 1.29 is 19.2 Å². The van der Waals surface area contributed by atoms with Gasteiger partial charge in [-0.2, -0.15) is 0 Å². The summed E-state index contributed by atoms with van der Waals surface area (Å²) < 4.78 is 13.6. The Balaban J connectivity index is 2.24. The van der Waals surface area contributed by atoms with Crippen LogP contribution in [0.5, 0.6) is 0 Å². The van der Waals surface area contributed by atoms with E-state index in [1.54, 1.807) is 6.07 Å². The molecule has 0 aliphatic heterocycles. The lowest BCUT2D eigenvalue weighted by molar-refractivity contribution is 0.102. The van der Waals surface area contributed by atoms with Gasteiger partial charge in [-0.05, 0) is 30.3 Å². The normalized spacial score (nSPS) is 10.3. The number of benzene rings is 2. The first-order valence-electron chi connectivity index (χ1n) is 5.80. The summed E-state index contributed by atoms with van der Waals surface area (Å²) in [5, 5.41) is 21.0. The highest BCUT2D eigenvalue weighted by atomic mass is 35.5. The number of hydrogen-bond donors (Lipinski definition) is 3. The number of nitrogens with one attached hydrogen (secondary N) is 1. The van der Waals surface area contributed by atoms with Crippen LogP contribution in [0.4, 0.5) is 10.1 Å². The Morgan fingerprint density at radius 1 is 1.14 bits per heavy atom. The van der Waals surface area contributed by atoms with E-state index in [0.29, 0.717) is 10.7 Å². The molecule has 108 valence electrons. The molecule has 0 aromatic heterocycles. The van der Waals surface area contributed by atoms with Crippen LogP contribution in [0.3, 0.4) is 0 Å². The number of anilines is 1. The van der Waals surface area contributed by atoms with Crippen molar-refractivity contribution in [2.24, 2.45) is 0 Å².